The maximum absolute atomic E-state index is 13.8. The summed E-state index contributed by atoms with van der Waals surface area (Å²) in [4.78, 5) is 33.5. The first kappa shape index (κ1) is 21.6. The lowest BCUT2D eigenvalue weighted by Gasteiger charge is -2.30. The minimum Gasteiger partial charge on any atom is -0.350 e. The number of carbonyl (C=O) groups is 2. The van der Waals surface area contributed by atoms with E-state index in [1.807, 2.05) is 32.2 Å². The highest BCUT2D eigenvalue weighted by Crippen LogP contribution is 2.50. The van der Waals surface area contributed by atoms with E-state index in [0.29, 0.717) is 36.4 Å². The van der Waals surface area contributed by atoms with Crippen molar-refractivity contribution in [3.63, 3.8) is 0 Å². The van der Waals surface area contributed by atoms with Gasteiger partial charge in [0.05, 0.1) is 12.1 Å². The van der Waals surface area contributed by atoms with Crippen LogP contribution >= 0.6 is 0 Å². The molecule has 1 saturated carbocycles. The van der Waals surface area contributed by atoms with Gasteiger partial charge in [-0.2, -0.15) is 5.10 Å². The Balaban J connectivity index is 1.26. The van der Waals surface area contributed by atoms with Crippen molar-refractivity contribution in [1.82, 2.24) is 25.0 Å². The zero-order chi connectivity index (χ0) is 24.3. The standard InChI is InChI=1S/C27H26FN5O2/c1-16-12-18(28)13-22-19(16)14-23(29-22)25(34)33-11-8-21-20(15-33)24(31-30-21)26(35)32(2)27(9-10-27)17-6-4-3-5-7-17/h3-7,12-14,29H,8-11,15H2,1-2H3,(H,30,31). The summed E-state index contributed by atoms with van der Waals surface area (Å²) in [5.74, 6) is -0.662. The molecule has 0 radical (unpaired) electrons. The van der Waals surface area contributed by atoms with Gasteiger partial charge in [0.2, 0.25) is 0 Å². The predicted molar refractivity (Wildman–Crippen MR) is 129 cm³/mol. The Morgan fingerprint density at radius 2 is 1.91 bits per heavy atom. The number of rotatable bonds is 4. The van der Waals surface area contributed by atoms with Crippen LogP contribution in [-0.2, 0) is 18.5 Å². The van der Waals surface area contributed by atoms with Crippen molar-refractivity contribution in [2.45, 2.75) is 38.3 Å². The normalized spacial score (nSPS) is 16.3. The molecule has 1 aliphatic heterocycles. The molecule has 0 saturated heterocycles. The summed E-state index contributed by atoms with van der Waals surface area (Å²) in [5.41, 5.74) is 4.64. The monoisotopic (exact) mass is 471 g/mol. The highest BCUT2D eigenvalue weighted by atomic mass is 19.1. The number of fused-ring (bicyclic) bond motifs is 2. The Morgan fingerprint density at radius 1 is 1.14 bits per heavy atom. The molecule has 1 aliphatic carbocycles. The molecule has 3 heterocycles. The number of nitrogens with one attached hydrogen (secondary N) is 2. The van der Waals surface area contributed by atoms with E-state index in [9.17, 15) is 14.0 Å². The largest absolute Gasteiger partial charge is 0.350 e. The van der Waals surface area contributed by atoms with Crippen LogP contribution in [0.1, 0.15) is 56.2 Å². The van der Waals surface area contributed by atoms with Crippen molar-refractivity contribution in [2.75, 3.05) is 13.6 Å². The quantitative estimate of drug-likeness (QED) is 0.466. The summed E-state index contributed by atoms with van der Waals surface area (Å²) >= 11 is 0. The molecule has 2 amide bonds. The van der Waals surface area contributed by atoms with E-state index in [2.05, 4.69) is 27.3 Å². The van der Waals surface area contributed by atoms with Gasteiger partial charge in [0.15, 0.2) is 5.69 Å². The third-order valence-corrected chi connectivity index (χ3v) is 7.54. The number of amides is 2. The van der Waals surface area contributed by atoms with Crippen molar-refractivity contribution in [1.29, 1.82) is 0 Å². The molecule has 0 spiro atoms. The number of H-pyrrole nitrogens is 2. The van der Waals surface area contributed by atoms with E-state index in [-0.39, 0.29) is 23.2 Å². The summed E-state index contributed by atoms with van der Waals surface area (Å²) < 4.78 is 13.8. The van der Waals surface area contributed by atoms with E-state index in [4.69, 9.17) is 0 Å². The lowest BCUT2D eigenvalue weighted by atomic mass is 10.0. The molecule has 2 aromatic carbocycles. The van der Waals surface area contributed by atoms with Crippen LogP contribution < -0.4 is 0 Å². The predicted octanol–water partition coefficient (Wildman–Crippen LogP) is 4.30. The summed E-state index contributed by atoms with van der Waals surface area (Å²) in [6.07, 6.45) is 2.41. The molecule has 7 nitrogen and oxygen atoms in total. The average molecular weight is 472 g/mol. The van der Waals surface area contributed by atoms with Crippen LogP contribution in [0.2, 0.25) is 0 Å². The van der Waals surface area contributed by atoms with Gasteiger partial charge in [-0.05, 0) is 49.1 Å². The third kappa shape index (κ3) is 3.43. The molecule has 2 aromatic heterocycles. The second kappa shape index (κ2) is 7.80. The average Bonchev–Trinajstić information content (AvgIpc) is 3.39. The number of aromatic amines is 2. The van der Waals surface area contributed by atoms with E-state index < -0.39 is 0 Å². The molecule has 0 bridgehead atoms. The third-order valence-electron chi connectivity index (χ3n) is 7.54. The van der Waals surface area contributed by atoms with Crippen molar-refractivity contribution < 1.29 is 14.0 Å². The molecule has 178 valence electrons. The van der Waals surface area contributed by atoms with Gasteiger partial charge >= 0.3 is 0 Å². The SMILES string of the molecule is Cc1cc(F)cc2[nH]c(C(=O)N3CCc4[nH]nc(C(=O)N(C)C5(c6ccccc6)CC5)c4C3)cc12. The van der Waals surface area contributed by atoms with Gasteiger partial charge in [0.25, 0.3) is 11.8 Å². The summed E-state index contributed by atoms with van der Waals surface area (Å²) in [7, 11) is 1.83. The summed E-state index contributed by atoms with van der Waals surface area (Å²) in [6, 6.07) is 14.7. The molecule has 2 aliphatic rings. The zero-order valence-electron chi connectivity index (χ0n) is 19.7. The Hall–Kier alpha value is -3.94. The fourth-order valence-electron chi connectivity index (χ4n) is 5.34. The maximum Gasteiger partial charge on any atom is 0.275 e. The Bertz CT molecular complexity index is 1470. The van der Waals surface area contributed by atoms with Crippen molar-refractivity contribution in [2.24, 2.45) is 0 Å². The second-order valence-corrected chi connectivity index (χ2v) is 9.63. The van der Waals surface area contributed by atoms with Crippen molar-refractivity contribution in [3.8, 4) is 0 Å². The number of hydrogen-bond acceptors (Lipinski definition) is 3. The van der Waals surface area contributed by atoms with Crippen molar-refractivity contribution in [3.05, 3.63) is 88.1 Å². The number of carbonyl (C=O) groups excluding carboxylic acids is 2. The zero-order valence-corrected chi connectivity index (χ0v) is 19.7. The molecule has 4 aromatic rings. The molecular weight excluding hydrogens is 445 g/mol. The van der Waals surface area contributed by atoms with E-state index in [1.54, 1.807) is 15.9 Å². The van der Waals surface area contributed by atoms with Gasteiger partial charge < -0.3 is 14.8 Å². The fraction of sp³-hybridized carbons (Fsp3) is 0.296. The topological polar surface area (TPSA) is 85.1 Å². The molecule has 0 unspecified atom stereocenters. The summed E-state index contributed by atoms with van der Waals surface area (Å²) in [5, 5.41) is 8.22. The van der Waals surface area contributed by atoms with Gasteiger partial charge in [-0.15, -0.1) is 0 Å². The highest BCUT2D eigenvalue weighted by molar-refractivity contribution is 5.99. The van der Waals surface area contributed by atoms with Crippen molar-refractivity contribution >= 4 is 22.7 Å². The Labute approximate surface area is 201 Å². The number of benzene rings is 2. The molecule has 2 N–H and O–H groups in total. The van der Waals surface area contributed by atoms with Gasteiger partial charge in [-0.25, -0.2) is 4.39 Å². The number of aryl methyl sites for hydroxylation is 1. The van der Waals surface area contributed by atoms with Crippen LogP contribution in [0, 0.1) is 12.7 Å². The minimum atomic E-state index is -0.340. The lowest BCUT2D eigenvalue weighted by Crippen LogP contribution is -2.39. The van der Waals surface area contributed by atoms with E-state index in [1.165, 1.54) is 12.1 Å². The van der Waals surface area contributed by atoms with Crippen LogP contribution in [0.4, 0.5) is 4.39 Å². The van der Waals surface area contributed by atoms with E-state index >= 15 is 0 Å². The smallest absolute Gasteiger partial charge is 0.275 e. The van der Waals surface area contributed by atoms with Crippen LogP contribution in [0.5, 0.6) is 0 Å². The fourth-order valence-corrected chi connectivity index (χ4v) is 5.34. The molecule has 0 atom stereocenters. The summed E-state index contributed by atoms with van der Waals surface area (Å²) in [6.45, 7) is 2.62. The molecular formula is C27H26FN5O2. The second-order valence-electron chi connectivity index (χ2n) is 9.63. The van der Waals surface area contributed by atoms with Crippen LogP contribution in [-0.4, -0.2) is 50.4 Å². The van der Waals surface area contributed by atoms with E-state index in [0.717, 1.165) is 40.6 Å². The minimum absolute atomic E-state index is 0.144. The van der Waals surface area contributed by atoms with Gasteiger partial charge in [-0.3, -0.25) is 14.7 Å². The number of hydrogen-bond donors (Lipinski definition) is 2. The van der Waals surface area contributed by atoms with Gasteiger partial charge in [0, 0.05) is 42.2 Å². The van der Waals surface area contributed by atoms with Crippen LogP contribution in [0.15, 0.2) is 48.5 Å². The molecule has 35 heavy (non-hydrogen) atoms. The molecule has 6 rings (SSSR count). The van der Waals surface area contributed by atoms with Gasteiger partial charge in [-0.1, -0.05) is 30.3 Å². The Kier molecular flexibility index (Phi) is 4.81. The van der Waals surface area contributed by atoms with Crippen LogP contribution in [0.3, 0.4) is 0 Å². The Morgan fingerprint density at radius 3 is 2.66 bits per heavy atom. The maximum atomic E-state index is 13.8. The first-order chi connectivity index (χ1) is 16.9. The molecule has 1 fully saturated rings. The first-order valence-electron chi connectivity index (χ1n) is 11.9. The highest BCUT2D eigenvalue weighted by Gasteiger charge is 2.50. The number of halogens is 1. The number of nitrogens with zero attached hydrogens (tertiary/aromatic N) is 3. The lowest BCUT2D eigenvalue weighted by molar-refractivity contribution is 0.0681. The number of aromatic nitrogens is 3. The first-order valence-corrected chi connectivity index (χ1v) is 11.9. The van der Waals surface area contributed by atoms with Gasteiger partial charge in [0.1, 0.15) is 11.5 Å². The van der Waals surface area contributed by atoms with Crippen LogP contribution in [0.25, 0.3) is 10.9 Å². The molecule has 8 heteroatoms.